The van der Waals surface area contributed by atoms with Crippen molar-refractivity contribution in [2.24, 2.45) is 0 Å². The van der Waals surface area contributed by atoms with Crippen LogP contribution in [0.1, 0.15) is 49.5 Å². The Bertz CT molecular complexity index is 1760. The normalized spacial score (nSPS) is 18.1. The molecule has 0 bridgehead atoms. The molecule has 260 valence electrons. The molecule has 0 saturated carbocycles. The number of ketones is 1. The number of benzene rings is 3. The van der Waals surface area contributed by atoms with E-state index < -0.39 is 45.6 Å². The molecule has 0 aromatic heterocycles. The molecule has 0 aliphatic carbocycles. The van der Waals surface area contributed by atoms with Crippen molar-refractivity contribution in [2.75, 3.05) is 37.8 Å². The molecule has 0 spiro atoms. The van der Waals surface area contributed by atoms with Crippen molar-refractivity contribution < 1.29 is 37.2 Å². The number of amides is 2. The molecule has 3 aromatic carbocycles. The molecule has 2 heterocycles. The summed E-state index contributed by atoms with van der Waals surface area (Å²) in [6, 6.07) is 22.1. The molecule has 5 rings (SSSR count). The van der Waals surface area contributed by atoms with Crippen LogP contribution < -0.4 is 5.06 Å². The van der Waals surface area contributed by atoms with E-state index in [1.165, 1.54) is 24.0 Å². The number of esters is 1. The van der Waals surface area contributed by atoms with Crippen LogP contribution >= 0.6 is 0 Å². The number of Topliss-reactive ketones (excluding diaryl/α,β-unsaturated/α-hetero) is 1. The van der Waals surface area contributed by atoms with Crippen molar-refractivity contribution in [1.29, 1.82) is 0 Å². The SMILES string of the molecule is Cc1ccc(S(=O)(=O)N2CCC[C@H]2C(=O)[C@](C)(C(=O)OC(C)C)N(OC(=O)N2CCN(C(=O)c3ccccc3)CC2)c2ccccc2)cc1. The van der Waals surface area contributed by atoms with Crippen molar-refractivity contribution in [2.45, 2.75) is 63.1 Å². The van der Waals surface area contributed by atoms with Crippen molar-refractivity contribution in [3.63, 3.8) is 0 Å². The van der Waals surface area contributed by atoms with E-state index in [9.17, 15) is 27.6 Å². The summed E-state index contributed by atoms with van der Waals surface area (Å²) in [5.41, 5.74) is -0.669. The summed E-state index contributed by atoms with van der Waals surface area (Å²) >= 11 is 0. The summed E-state index contributed by atoms with van der Waals surface area (Å²) in [4.78, 5) is 64.6. The molecule has 49 heavy (non-hydrogen) atoms. The molecule has 3 aromatic rings. The van der Waals surface area contributed by atoms with Gasteiger partial charge in [0, 0.05) is 38.3 Å². The number of sulfonamides is 1. The van der Waals surface area contributed by atoms with Gasteiger partial charge in [-0.15, -0.1) is 0 Å². The predicted octanol–water partition coefficient (Wildman–Crippen LogP) is 4.44. The Morgan fingerprint density at radius 3 is 1.98 bits per heavy atom. The van der Waals surface area contributed by atoms with Gasteiger partial charge in [-0.1, -0.05) is 54.1 Å². The molecule has 12 nitrogen and oxygen atoms in total. The second kappa shape index (κ2) is 14.8. The van der Waals surface area contributed by atoms with Crippen LogP contribution in [0.5, 0.6) is 0 Å². The molecule has 2 aliphatic heterocycles. The minimum absolute atomic E-state index is 0.0282. The highest BCUT2D eigenvalue weighted by Crippen LogP contribution is 2.35. The molecular formula is C36H42N4O8S. The molecular weight excluding hydrogens is 648 g/mol. The average molecular weight is 691 g/mol. The molecule has 2 atom stereocenters. The van der Waals surface area contributed by atoms with Crippen LogP contribution in [-0.2, 0) is 29.2 Å². The van der Waals surface area contributed by atoms with Crippen molar-refractivity contribution in [3.05, 3.63) is 96.1 Å². The fourth-order valence-corrected chi connectivity index (χ4v) is 7.69. The number of para-hydroxylation sites is 1. The fraction of sp³-hybridized carbons (Fsp3) is 0.389. The Morgan fingerprint density at radius 2 is 1.39 bits per heavy atom. The highest BCUT2D eigenvalue weighted by molar-refractivity contribution is 7.89. The van der Waals surface area contributed by atoms with E-state index >= 15 is 0 Å². The number of rotatable bonds is 10. The maximum absolute atomic E-state index is 14.8. The van der Waals surface area contributed by atoms with Gasteiger partial charge in [-0.2, -0.15) is 9.37 Å². The lowest BCUT2D eigenvalue weighted by molar-refractivity contribution is -0.160. The number of hydrogen-bond donors (Lipinski definition) is 0. The zero-order valence-electron chi connectivity index (χ0n) is 28.2. The van der Waals surface area contributed by atoms with E-state index in [1.807, 2.05) is 13.0 Å². The molecule has 2 fully saturated rings. The Hall–Kier alpha value is -4.75. The third-order valence-corrected chi connectivity index (χ3v) is 10.7. The van der Waals surface area contributed by atoms with E-state index in [0.717, 1.165) is 14.9 Å². The summed E-state index contributed by atoms with van der Waals surface area (Å²) < 4.78 is 34.4. The number of piperazine rings is 1. The van der Waals surface area contributed by atoms with Crippen molar-refractivity contribution in [3.8, 4) is 0 Å². The van der Waals surface area contributed by atoms with Gasteiger partial charge in [0.25, 0.3) is 5.91 Å². The summed E-state index contributed by atoms with van der Waals surface area (Å²) in [6.07, 6.45) is -0.946. The third-order valence-electron chi connectivity index (χ3n) is 8.77. The van der Waals surface area contributed by atoms with Crippen LogP contribution in [0.2, 0.25) is 0 Å². The van der Waals surface area contributed by atoms with Gasteiger partial charge < -0.3 is 19.4 Å². The maximum atomic E-state index is 14.8. The molecule has 2 aliphatic rings. The minimum Gasteiger partial charge on any atom is -0.461 e. The number of anilines is 1. The zero-order valence-corrected chi connectivity index (χ0v) is 29.0. The number of hydroxylamine groups is 1. The molecule has 0 radical (unpaired) electrons. The number of aryl methyl sites for hydroxylation is 1. The third kappa shape index (κ3) is 7.47. The summed E-state index contributed by atoms with van der Waals surface area (Å²) in [6.45, 7) is 7.24. The molecule has 2 saturated heterocycles. The van der Waals surface area contributed by atoms with Crippen LogP contribution in [0.4, 0.5) is 10.5 Å². The smallest absolute Gasteiger partial charge is 0.434 e. The van der Waals surface area contributed by atoms with E-state index in [2.05, 4.69) is 0 Å². The zero-order chi connectivity index (χ0) is 35.3. The van der Waals surface area contributed by atoms with Gasteiger partial charge >= 0.3 is 12.1 Å². The number of carbonyl (C=O) groups is 4. The fourth-order valence-electron chi connectivity index (χ4n) is 6.03. The van der Waals surface area contributed by atoms with Crippen LogP contribution in [-0.4, -0.2) is 96.7 Å². The van der Waals surface area contributed by atoms with E-state index in [0.29, 0.717) is 12.0 Å². The second-order valence-corrected chi connectivity index (χ2v) is 14.5. The predicted molar refractivity (Wildman–Crippen MR) is 182 cm³/mol. The number of ether oxygens (including phenoxy) is 1. The van der Waals surface area contributed by atoms with Crippen LogP contribution in [0.3, 0.4) is 0 Å². The Balaban J connectivity index is 1.45. The highest BCUT2D eigenvalue weighted by Gasteiger charge is 2.56. The van der Waals surface area contributed by atoms with E-state index in [4.69, 9.17) is 9.57 Å². The largest absolute Gasteiger partial charge is 0.461 e. The first-order valence-electron chi connectivity index (χ1n) is 16.3. The maximum Gasteiger partial charge on any atom is 0.434 e. The van der Waals surface area contributed by atoms with Gasteiger partial charge in [0.2, 0.25) is 15.6 Å². The molecule has 0 unspecified atom stereocenters. The standard InChI is InChI=1S/C36H42N4O8S/c1-26(2)47-34(43)36(4,32(41)31-16-11-21-39(31)49(45,46)30-19-17-27(3)18-20-30)40(29-14-9-6-10-15-29)48-35(44)38-24-22-37(23-25-38)33(42)28-12-7-5-8-13-28/h5-10,12-15,17-20,26,31H,11,16,21-25H2,1-4H3/t31-,36+/m0/s1. The lowest BCUT2D eigenvalue weighted by atomic mass is 9.89. The van der Waals surface area contributed by atoms with Crippen LogP contribution in [0.15, 0.2) is 89.8 Å². The van der Waals surface area contributed by atoms with Gasteiger partial charge in [-0.3, -0.25) is 9.59 Å². The topological polar surface area (TPSA) is 134 Å². The number of carbonyl (C=O) groups excluding carboxylic acids is 4. The van der Waals surface area contributed by atoms with Gasteiger partial charge in [0.05, 0.1) is 22.7 Å². The molecule has 0 N–H and O–H groups in total. The first-order chi connectivity index (χ1) is 23.3. The Labute approximate surface area is 287 Å². The Morgan fingerprint density at radius 1 is 0.816 bits per heavy atom. The number of hydrogen-bond acceptors (Lipinski definition) is 9. The second-order valence-electron chi connectivity index (χ2n) is 12.6. The molecule has 2 amide bonds. The van der Waals surface area contributed by atoms with Crippen LogP contribution in [0.25, 0.3) is 0 Å². The van der Waals surface area contributed by atoms with Gasteiger partial charge in [0.1, 0.15) is 0 Å². The van der Waals surface area contributed by atoms with E-state index in [1.54, 1.807) is 85.5 Å². The van der Waals surface area contributed by atoms with Crippen molar-refractivity contribution >= 4 is 39.5 Å². The number of nitrogens with zero attached hydrogens (tertiary/aromatic N) is 4. The van der Waals surface area contributed by atoms with E-state index in [-0.39, 0.29) is 55.6 Å². The lowest BCUT2D eigenvalue weighted by Gasteiger charge is -2.41. The minimum atomic E-state index is -4.13. The first-order valence-corrected chi connectivity index (χ1v) is 17.8. The lowest BCUT2D eigenvalue weighted by Crippen LogP contribution is -2.65. The summed E-state index contributed by atoms with van der Waals surface area (Å²) in [7, 11) is -4.13. The summed E-state index contributed by atoms with van der Waals surface area (Å²) in [5, 5.41) is 0.943. The van der Waals surface area contributed by atoms with Crippen LogP contribution in [0, 0.1) is 6.92 Å². The molecule has 13 heteroatoms. The first kappa shape index (κ1) is 35.6. The average Bonchev–Trinajstić information content (AvgIpc) is 3.61. The van der Waals surface area contributed by atoms with Gasteiger partial charge in [0.15, 0.2) is 5.78 Å². The van der Waals surface area contributed by atoms with Crippen molar-refractivity contribution in [1.82, 2.24) is 14.1 Å². The summed E-state index contributed by atoms with van der Waals surface area (Å²) in [5.74, 6) is -1.95. The highest BCUT2D eigenvalue weighted by atomic mass is 32.2. The van der Waals surface area contributed by atoms with Gasteiger partial charge in [-0.05, 0) is 76.9 Å². The Kier molecular flexibility index (Phi) is 10.7. The quantitative estimate of drug-likeness (QED) is 0.172. The monoisotopic (exact) mass is 690 g/mol. The van der Waals surface area contributed by atoms with Gasteiger partial charge in [-0.25, -0.2) is 18.0 Å².